The van der Waals surface area contributed by atoms with Crippen molar-refractivity contribution >= 4 is 0 Å². The molecule has 1 N–H and O–H groups in total. The summed E-state index contributed by atoms with van der Waals surface area (Å²) in [5.41, 5.74) is 0. The lowest BCUT2D eigenvalue weighted by molar-refractivity contribution is 0.0497. The quantitative estimate of drug-likeness (QED) is 0.676. The largest absolute Gasteiger partial charge is 0.394 e. The zero-order valence-electron chi connectivity index (χ0n) is 9.41. The van der Waals surface area contributed by atoms with Crippen LogP contribution in [0.15, 0.2) is 0 Å². The van der Waals surface area contributed by atoms with Gasteiger partial charge in [0.05, 0.1) is 19.8 Å². The molecule has 1 heterocycles. The second-order valence-electron chi connectivity index (χ2n) is 4.35. The van der Waals surface area contributed by atoms with E-state index in [4.69, 9.17) is 9.84 Å². The summed E-state index contributed by atoms with van der Waals surface area (Å²) in [6.45, 7) is 8.18. The van der Waals surface area contributed by atoms with Crippen LogP contribution in [0.5, 0.6) is 0 Å². The number of nitrogens with zero attached hydrogens (tertiary/aromatic N) is 1. The third-order valence-corrected chi connectivity index (χ3v) is 3.03. The summed E-state index contributed by atoms with van der Waals surface area (Å²) in [6.07, 6.45) is 2.62. The zero-order valence-corrected chi connectivity index (χ0v) is 9.41. The molecular weight excluding hydrogens is 178 g/mol. The van der Waals surface area contributed by atoms with E-state index < -0.39 is 0 Å². The predicted octanol–water partition coefficient (Wildman–Crippen LogP) is 1.12. The molecule has 1 rings (SSSR count). The first kappa shape index (κ1) is 12.0. The van der Waals surface area contributed by atoms with Gasteiger partial charge in [0, 0.05) is 12.6 Å². The van der Waals surface area contributed by atoms with Crippen molar-refractivity contribution in [3.63, 3.8) is 0 Å². The fourth-order valence-corrected chi connectivity index (χ4v) is 2.14. The van der Waals surface area contributed by atoms with Gasteiger partial charge >= 0.3 is 0 Å². The van der Waals surface area contributed by atoms with Crippen molar-refractivity contribution in [1.29, 1.82) is 0 Å². The molecule has 0 radical (unpaired) electrons. The van der Waals surface area contributed by atoms with Gasteiger partial charge in [-0.2, -0.15) is 0 Å². The van der Waals surface area contributed by atoms with E-state index in [1.807, 2.05) is 0 Å². The topological polar surface area (TPSA) is 32.7 Å². The Kier molecular flexibility index (Phi) is 5.45. The molecule has 2 atom stereocenters. The minimum Gasteiger partial charge on any atom is -0.394 e. The number of ether oxygens (including phenoxy) is 1. The Labute approximate surface area is 87.1 Å². The van der Waals surface area contributed by atoms with Crippen molar-refractivity contribution in [3.05, 3.63) is 0 Å². The molecule has 0 aromatic heterocycles. The van der Waals surface area contributed by atoms with Crippen LogP contribution < -0.4 is 0 Å². The summed E-state index contributed by atoms with van der Waals surface area (Å²) in [4.78, 5) is 2.48. The molecule has 0 saturated carbocycles. The zero-order chi connectivity index (χ0) is 10.4. The standard InChI is InChI=1S/C11H23NO2/c1-10-3-4-12(11(2)9-10)5-7-14-8-6-13/h10-11,13H,3-9H2,1-2H3. The van der Waals surface area contributed by atoms with Crippen LogP contribution in [0.3, 0.4) is 0 Å². The molecule has 3 heteroatoms. The van der Waals surface area contributed by atoms with Gasteiger partial charge in [-0.25, -0.2) is 0 Å². The first-order valence-electron chi connectivity index (χ1n) is 5.66. The fourth-order valence-electron chi connectivity index (χ4n) is 2.14. The molecule has 0 bridgehead atoms. The molecule has 2 unspecified atom stereocenters. The first-order valence-corrected chi connectivity index (χ1v) is 5.66. The van der Waals surface area contributed by atoms with Gasteiger partial charge in [0.2, 0.25) is 0 Å². The minimum atomic E-state index is 0.132. The number of piperidine rings is 1. The number of rotatable bonds is 5. The summed E-state index contributed by atoms with van der Waals surface area (Å²) < 4.78 is 5.27. The number of likely N-dealkylation sites (tertiary alicyclic amines) is 1. The minimum absolute atomic E-state index is 0.132. The van der Waals surface area contributed by atoms with Crippen molar-refractivity contribution in [2.24, 2.45) is 5.92 Å². The van der Waals surface area contributed by atoms with Gasteiger partial charge in [0.1, 0.15) is 0 Å². The van der Waals surface area contributed by atoms with E-state index in [0.29, 0.717) is 12.6 Å². The maximum atomic E-state index is 8.55. The van der Waals surface area contributed by atoms with E-state index in [1.165, 1.54) is 19.4 Å². The summed E-state index contributed by atoms with van der Waals surface area (Å²) in [5, 5.41) is 8.55. The first-order chi connectivity index (χ1) is 6.74. The van der Waals surface area contributed by atoms with Crippen LogP contribution in [-0.2, 0) is 4.74 Å². The molecule has 0 spiro atoms. The lowest BCUT2D eigenvalue weighted by Crippen LogP contribution is -2.42. The maximum absolute atomic E-state index is 8.55. The normalized spacial score (nSPS) is 29.4. The van der Waals surface area contributed by atoms with Gasteiger partial charge in [0.15, 0.2) is 0 Å². The smallest absolute Gasteiger partial charge is 0.0698 e. The van der Waals surface area contributed by atoms with Crippen LogP contribution in [0.4, 0.5) is 0 Å². The van der Waals surface area contributed by atoms with E-state index in [0.717, 1.165) is 19.1 Å². The molecule has 1 fully saturated rings. The summed E-state index contributed by atoms with van der Waals surface area (Å²) in [5.74, 6) is 0.875. The highest BCUT2D eigenvalue weighted by molar-refractivity contribution is 4.76. The number of aliphatic hydroxyl groups is 1. The Morgan fingerprint density at radius 3 is 2.79 bits per heavy atom. The molecule has 1 aliphatic heterocycles. The van der Waals surface area contributed by atoms with Crippen molar-refractivity contribution in [2.75, 3.05) is 32.9 Å². The molecular formula is C11H23NO2. The average Bonchev–Trinajstić information content (AvgIpc) is 2.15. The Balaban J connectivity index is 2.11. The SMILES string of the molecule is CC1CCN(CCOCCO)C(C)C1. The van der Waals surface area contributed by atoms with Crippen LogP contribution in [0.25, 0.3) is 0 Å². The summed E-state index contributed by atoms with van der Waals surface area (Å²) in [6, 6.07) is 0.691. The Hall–Kier alpha value is -0.120. The summed E-state index contributed by atoms with van der Waals surface area (Å²) in [7, 11) is 0. The van der Waals surface area contributed by atoms with Gasteiger partial charge in [-0.15, -0.1) is 0 Å². The van der Waals surface area contributed by atoms with Crippen molar-refractivity contribution < 1.29 is 9.84 Å². The van der Waals surface area contributed by atoms with Gasteiger partial charge in [0.25, 0.3) is 0 Å². The molecule has 0 aromatic carbocycles. The molecule has 84 valence electrons. The van der Waals surface area contributed by atoms with Crippen LogP contribution in [0.2, 0.25) is 0 Å². The Morgan fingerprint density at radius 2 is 2.14 bits per heavy atom. The molecule has 1 aliphatic rings. The summed E-state index contributed by atoms with van der Waals surface area (Å²) >= 11 is 0. The molecule has 0 amide bonds. The van der Waals surface area contributed by atoms with E-state index in [-0.39, 0.29) is 6.61 Å². The third-order valence-electron chi connectivity index (χ3n) is 3.03. The molecule has 1 saturated heterocycles. The van der Waals surface area contributed by atoms with Gasteiger partial charge in [-0.3, -0.25) is 4.90 Å². The van der Waals surface area contributed by atoms with Gasteiger partial charge in [-0.1, -0.05) is 6.92 Å². The Morgan fingerprint density at radius 1 is 1.36 bits per heavy atom. The lowest BCUT2D eigenvalue weighted by atomic mass is 9.93. The van der Waals surface area contributed by atoms with Crippen molar-refractivity contribution in [3.8, 4) is 0 Å². The maximum Gasteiger partial charge on any atom is 0.0698 e. The average molecular weight is 201 g/mol. The second kappa shape index (κ2) is 6.38. The highest BCUT2D eigenvalue weighted by atomic mass is 16.5. The predicted molar refractivity (Wildman–Crippen MR) is 57.3 cm³/mol. The van der Waals surface area contributed by atoms with E-state index in [1.54, 1.807) is 0 Å². The number of hydrogen-bond acceptors (Lipinski definition) is 3. The molecule has 0 aliphatic carbocycles. The Bertz CT molecular complexity index is 152. The monoisotopic (exact) mass is 201 g/mol. The third kappa shape index (κ3) is 3.95. The second-order valence-corrected chi connectivity index (χ2v) is 4.35. The van der Waals surface area contributed by atoms with E-state index >= 15 is 0 Å². The number of hydrogen-bond donors (Lipinski definition) is 1. The molecule has 3 nitrogen and oxygen atoms in total. The van der Waals surface area contributed by atoms with Crippen LogP contribution in [0, 0.1) is 5.92 Å². The molecule has 0 aromatic rings. The van der Waals surface area contributed by atoms with Crippen molar-refractivity contribution in [1.82, 2.24) is 4.90 Å². The van der Waals surface area contributed by atoms with Crippen LogP contribution >= 0.6 is 0 Å². The lowest BCUT2D eigenvalue weighted by Gasteiger charge is -2.36. The van der Waals surface area contributed by atoms with E-state index in [2.05, 4.69) is 18.7 Å². The molecule has 14 heavy (non-hydrogen) atoms. The van der Waals surface area contributed by atoms with Crippen molar-refractivity contribution in [2.45, 2.75) is 32.7 Å². The van der Waals surface area contributed by atoms with Crippen LogP contribution in [-0.4, -0.2) is 49.0 Å². The highest BCUT2D eigenvalue weighted by Gasteiger charge is 2.21. The van der Waals surface area contributed by atoms with Gasteiger partial charge < -0.3 is 9.84 Å². The van der Waals surface area contributed by atoms with Gasteiger partial charge in [-0.05, 0) is 32.2 Å². The fraction of sp³-hybridized carbons (Fsp3) is 1.00. The highest BCUT2D eigenvalue weighted by Crippen LogP contribution is 2.21. The van der Waals surface area contributed by atoms with Crippen LogP contribution in [0.1, 0.15) is 26.7 Å². The number of aliphatic hydroxyl groups excluding tert-OH is 1. The van der Waals surface area contributed by atoms with E-state index in [9.17, 15) is 0 Å².